The standard InChI is InChI=1S/C19H21NO4/c1-14-3-5-15(6-4-14)7-12-18(21)20(2)16-8-10-17(11-9-16)24-13-19(22)23/h3-6,8-11H,7,12-13H2,1-2H3,(H,22,23). The Hall–Kier alpha value is -2.82. The molecule has 5 heteroatoms. The molecule has 24 heavy (non-hydrogen) atoms. The fraction of sp³-hybridized carbons (Fsp3) is 0.263. The van der Waals surface area contributed by atoms with Crippen LogP contribution in [-0.2, 0) is 16.0 Å². The second kappa shape index (κ2) is 8.15. The van der Waals surface area contributed by atoms with Gasteiger partial charge < -0.3 is 14.7 Å². The largest absolute Gasteiger partial charge is 0.482 e. The van der Waals surface area contributed by atoms with E-state index >= 15 is 0 Å². The maximum absolute atomic E-state index is 12.3. The third-order valence-corrected chi connectivity index (χ3v) is 3.71. The minimum Gasteiger partial charge on any atom is -0.482 e. The number of benzene rings is 2. The van der Waals surface area contributed by atoms with E-state index in [0.29, 0.717) is 18.6 Å². The molecule has 1 N–H and O–H groups in total. The monoisotopic (exact) mass is 327 g/mol. The highest BCUT2D eigenvalue weighted by Gasteiger charge is 2.11. The zero-order valence-corrected chi connectivity index (χ0v) is 13.9. The van der Waals surface area contributed by atoms with Crippen molar-refractivity contribution in [1.82, 2.24) is 0 Å². The van der Waals surface area contributed by atoms with E-state index in [1.165, 1.54) is 5.56 Å². The molecule has 0 heterocycles. The van der Waals surface area contributed by atoms with Crippen molar-refractivity contribution in [2.24, 2.45) is 0 Å². The van der Waals surface area contributed by atoms with E-state index in [1.807, 2.05) is 31.2 Å². The number of amides is 1. The van der Waals surface area contributed by atoms with E-state index in [4.69, 9.17) is 9.84 Å². The van der Waals surface area contributed by atoms with Gasteiger partial charge in [0.05, 0.1) is 0 Å². The predicted octanol–water partition coefficient (Wildman–Crippen LogP) is 3.05. The van der Waals surface area contributed by atoms with Crippen LogP contribution >= 0.6 is 0 Å². The van der Waals surface area contributed by atoms with Gasteiger partial charge >= 0.3 is 5.97 Å². The normalized spacial score (nSPS) is 10.2. The molecular weight excluding hydrogens is 306 g/mol. The maximum atomic E-state index is 12.3. The smallest absolute Gasteiger partial charge is 0.341 e. The molecule has 5 nitrogen and oxygen atoms in total. The fourth-order valence-corrected chi connectivity index (χ4v) is 2.23. The highest BCUT2D eigenvalue weighted by Crippen LogP contribution is 2.19. The molecule has 0 bridgehead atoms. The molecule has 0 aromatic heterocycles. The molecule has 0 saturated carbocycles. The summed E-state index contributed by atoms with van der Waals surface area (Å²) < 4.78 is 5.07. The van der Waals surface area contributed by atoms with E-state index in [9.17, 15) is 9.59 Å². The van der Waals surface area contributed by atoms with Gasteiger partial charge in [0, 0.05) is 19.2 Å². The molecule has 0 aliphatic carbocycles. The van der Waals surface area contributed by atoms with Crippen molar-refractivity contribution >= 4 is 17.6 Å². The van der Waals surface area contributed by atoms with Crippen molar-refractivity contribution in [2.75, 3.05) is 18.6 Å². The summed E-state index contributed by atoms with van der Waals surface area (Å²) in [5.41, 5.74) is 3.08. The molecule has 0 unspecified atom stereocenters. The zero-order chi connectivity index (χ0) is 17.5. The summed E-state index contributed by atoms with van der Waals surface area (Å²) in [5, 5.41) is 8.58. The first-order chi connectivity index (χ1) is 11.5. The Balaban J connectivity index is 1.89. The van der Waals surface area contributed by atoms with Crippen LogP contribution in [-0.4, -0.2) is 30.6 Å². The number of anilines is 1. The van der Waals surface area contributed by atoms with Crippen LogP contribution in [0.5, 0.6) is 5.75 Å². The maximum Gasteiger partial charge on any atom is 0.341 e. The zero-order valence-electron chi connectivity index (χ0n) is 13.9. The predicted molar refractivity (Wildman–Crippen MR) is 92.5 cm³/mol. The first-order valence-electron chi connectivity index (χ1n) is 7.72. The summed E-state index contributed by atoms with van der Waals surface area (Å²) in [4.78, 5) is 24.4. The minimum atomic E-state index is -1.03. The van der Waals surface area contributed by atoms with Gasteiger partial charge in [-0.1, -0.05) is 29.8 Å². The van der Waals surface area contributed by atoms with Gasteiger partial charge in [0.15, 0.2) is 6.61 Å². The number of carbonyl (C=O) groups is 2. The van der Waals surface area contributed by atoms with Gasteiger partial charge in [0.25, 0.3) is 0 Å². The molecule has 0 fully saturated rings. The lowest BCUT2D eigenvalue weighted by molar-refractivity contribution is -0.139. The second-order valence-corrected chi connectivity index (χ2v) is 5.61. The number of nitrogens with zero attached hydrogens (tertiary/aromatic N) is 1. The van der Waals surface area contributed by atoms with Crippen molar-refractivity contribution in [1.29, 1.82) is 0 Å². The van der Waals surface area contributed by atoms with E-state index in [0.717, 1.165) is 11.3 Å². The van der Waals surface area contributed by atoms with Crippen molar-refractivity contribution in [3.63, 3.8) is 0 Å². The first kappa shape index (κ1) is 17.5. The average Bonchev–Trinajstić information content (AvgIpc) is 2.59. The third-order valence-electron chi connectivity index (χ3n) is 3.71. The van der Waals surface area contributed by atoms with Crippen LogP contribution < -0.4 is 9.64 Å². The van der Waals surface area contributed by atoms with E-state index < -0.39 is 5.97 Å². The Morgan fingerprint density at radius 1 is 1.04 bits per heavy atom. The van der Waals surface area contributed by atoms with Crippen molar-refractivity contribution in [3.05, 3.63) is 59.7 Å². The molecule has 0 spiro atoms. The van der Waals surface area contributed by atoms with Crippen molar-refractivity contribution in [2.45, 2.75) is 19.8 Å². The summed E-state index contributed by atoms with van der Waals surface area (Å²) in [5.74, 6) is -0.543. The quantitative estimate of drug-likeness (QED) is 0.849. The Labute approximate surface area is 141 Å². The second-order valence-electron chi connectivity index (χ2n) is 5.61. The number of rotatable bonds is 7. The van der Waals surface area contributed by atoms with Crippen LogP contribution in [0.3, 0.4) is 0 Å². The third kappa shape index (κ3) is 5.12. The van der Waals surface area contributed by atoms with Gasteiger partial charge in [0.1, 0.15) is 5.75 Å². The summed E-state index contributed by atoms with van der Waals surface area (Å²) in [6.07, 6.45) is 1.13. The molecule has 0 atom stereocenters. The van der Waals surface area contributed by atoms with Gasteiger partial charge in [-0.15, -0.1) is 0 Å². The number of hydrogen-bond donors (Lipinski definition) is 1. The van der Waals surface area contributed by atoms with Crippen LogP contribution in [0, 0.1) is 6.92 Å². The van der Waals surface area contributed by atoms with Crippen LogP contribution in [0.4, 0.5) is 5.69 Å². The van der Waals surface area contributed by atoms with Crippen LogP contribution in [0.2, 0.25) is 0 Å². The number of carboxylic acid groups (broad SMARTS) is 1. The van der Waals surface area contributed by atoms with Gasteiger partial charge in [-0.05, 0) is 43.2 Å². The molecule has 1 amide bonds. The summed E-state index contributed by atoms with van der Waals surface area (Å²) in [6, 6.07) is 14.9. The van der Waals surface area contributed by atoms with Gasteiger partial charge in [-0.2, -0.15) is 0 Å². The van der Waals surface area contributed by atoms with Crippen molar-refractivity contribution in [3.8, 4) is 5.75 Å². The van der Waals surface area contributed by atoms with Gasteiger partial charge in [-0.25, -0.2) is 4.79 Å². The summed E-state index contributed by atoms with van der Waals surface area (Å²) >= 11 is 0. The van der Waals surface area contributed by atoms with Gasteiger partial charge in [-0.3, -0.25) is 4.79 Å². The fourth-order valence-electron chi connectivity index (χ4n) is 2.23. The van der Waals surface area contributed by atoms with E-state index in [2.05, 4.69) is 0 Å². The molecule has 0 radical (unpaired) electrons. The van der Waals surface area contributed by atoms with E-state index in [1.54, 1.807) is 36.2 Å². The average molecular weight is 327 g/mol. The Morgan fingerprint density at radius 2 is 1.67 bits per heavy atom. The molecule has 0 aliphatic heterocycles. The number of carbonyl (C=O) groups excluding carboxylic acids is 1. The number of hydrogen-bond acceptors (Lipinski definition) is 3. The molecule has 0 aliphatic rings. The topological polar surface area (TPSA) is 66.8 Å². The van der Waals surface area contributed by atoms with Crippen molar-refractivity contribution < 1.29 is 19.4 Å². The van der Waals surface area contributed by atoms with Crippen LogP contribution in [0.25, 0.3) is 0 Å². The SMILES string of the molecule is Cc1ccc(CCC(=O)N(C)c2ccc(OCC(=O)O)cc2)cc1. The van der Waals surface area contributed by atoms with Crippen LogP contribution in [0.1, 0.15) is 17.5 Å². The lowest BCUT2D eigenvalue weighted by Gasteiger charge is -2.18. The molecule has 126 valence electrons. The Morgan fingerprint density at radius 3 is 2.25 bits per heavy atom. The first-order valence-corrected chi connectivity index (χ1v) is 7.72. The Bertz CT molecular complexity index is 692. The lowest BCUT2D eigenvalue weighted by atomic mass is 10.1. The lowest BCUT2D eigenvalue weighted by Crippen LogP contribution is -2.26. The Kier molecular flexibility index (Phi) is 5.95. The van der Waals surface area contributed by atoms with Gasteiger partial charge in [0.2, 0.25) is 5.91 Å². The highest BCUT2D eigenvalue weighted by atomic mass is 16.5. The summed E-state index contributed by atoms with van der Waals surface area (Å²) in [7, 11) is 1.73. The number of carboxylic acids is 1. The number of aliphatic carboxylic acids is 1. The van der Waals surface area contributed by atoms with E-state index in [-0.39, 0.29) is 12.5 Å². The highest BCUT2D eigenvalue weighted by molar-refractivity contribution is 5.92. The molecular formula is C19H21NO4. The number of ether oxygens (including phenoxy) is 1. The molecule has 2 aromatic carbocycles. The number of aryl methyl sites for hydroxylation is 2. The molecule has 2 rings (SSSR count). The minimum absolute atomic E-state index is 0.0229. The molecule has 2 aromatic rings. The van der Waals surface area contributed by atoms with Crippen LogP contribution in [0.15, 0.2) is 48.5 Å². The molecule has 0 saturated heterocycles. The summed E-state index contributed by atoms with van der Waals surface area (Å²) in [6.45, 7) is 1.65.